The van der Waals surface area contributed by atoms with Gasteiger partial charge in [-0.3, -0.25) is 4.79 Å². The number of thioether (sulfide) groups is 1. The van der Waals surface area contributed by atoms with Gasteiger partial charge in [-0.05, 0) is 12.1 Å². The molecule has 1 aliphatic rings. The number of alkyl halides is 3. The maximum atomic E-state index is 12.5. The molecule has 1 aliphatic heterocycles. The normalized spacial score (nSPS) is 19.8. The SMILES string of the molecule is COC(=O)[C@H]1CS(=O)(=O)CCN1C(=O)CSc1ccc(C(F)(F)F)cn1. The van der Waals surface area contributed by atoms with Crippen molar-refractivity contribution in [2.45, 2.75) is 17.2 Å². The molecule has 1 fully saturated rings. The number of sulfone groups is 1. The standard InChI is InChI=1S/C14H15F3N2O5S2/c1-24-13(21)10-8-26(22,23)5-4-19(10)12(20)7-25-11-3-2-9(6-18-11)14(15,16)17/h2-3,6,10H,4-5,7-8H2,1H3/t10-/m1/s1. The molecule has 0 saturated carbocycles. The van der Waals surface area contributed by atoms with E-state index in [0.29, 0.717) is 6.20 Å². The van der Waals surface area contributed by atoms with Crippen LogP contribution in [0, 0.1) is 0 Å². The molecule has 0 spiro atoms. The molecule has 0 aromatic carbocycles. The minimum absolute atomic E-state index is 0.151. The molecule has 1 aromatic heterocycles. The van der Waals surface area contributed by atoms with E-state index in [1.54, 1.807) is 0 Å². The van der Waals surface area contributed by atoms with Gasteiger partial charge in [0.05, 0.1) is 35.0 Å². The summed E-state index contributed by atoms with van der Waals surface area (Å²) < 4.78 is 65.4. The lowest BCUT2D eigenvalue weighted by molar-refractivity contribution is -0.151. The molecular weight excluding hydrogens is 397 g/mol. The predicted octanol–water partition coefficient (Wildman–Crippen LogP) is 0.991. The fourth-order valence-corrected chi connectivity index (χ4v) is 4.46. The van der Waals surface area contributed by atoms with Crippen LogP contribution in [0.1, 0.15) is 5.56 Å². The molecule has 26 heavy (non-hydrogen) atoms. The summed E-state index contributed by atoms with van der Waals surface area (Å²) in [6, 6.07) is 0.761. The number of ether oxygens (including phenoxy) is 1. The highest BCUT2D eigenvalue weighted by molar-refractivity contribution is 7.99. The van der Waals surface area contributed by atoms with Crippen LogP contribution >= 0.6 is 11.8 Å². The summed E-state index contributed by atoms with van der Waals surface area (Å²) in [5.74, 6) is -2.35. The van der Waals surface area contributed by atoms with E-state index in [1.807, 2.05) is 0 Å². The largest absolute Gasteiger partial charge is 0.467 e. The third-order valence-electron chi connectivity index (χ3n) is 3.63. The van der Waals surface area contributed by atoms with E-state index < -0.39 is 45.2 Å². The second-order valence-corrected chi connectivity index (χ2v) is 8.64. The fraction of sp³-hybridized carbons (Fsp3) is 0.500. The van der Waals surface area contributed by atoms with E-state index in [-0.39, 0.29) is 23.1 Å². The molecule has 1 saturated heterocycles. The van der Waals surface area contributed by atoms with Gasteiger partial charge in [0.1, 0.15) is 6.04 Å². The van der Waals surface area contributed by atoms with Gasteiger partial charge in [0.25, 0.3) is 0 Å². The first-order valence-corrected chi connectivity index (χ1v) is 10.1. The highest BCUT2D eigenvalue weighted by Crippen LogP contribution is 2.29. The first kappa shape index (κ1) is 20.5. The maximum absolute atomic E-state index is 12.5. The van der Waals surface area contributed by atoms with Gasteiger partial charge in [0, 0.05) is 12.7 Å². The smallest absolute Gasteiger partial charge is 0.417 e. The van der Waals surface area contributed by atoms with Crippen LogP contribution in [0.3, 0.4) is 0 Å². The van der Waals surface area contributed by atoms with E-state index >= 15 is 0 Å². The summed E-state index contributed by atoms with van der Waals surface area (Å²) in [5.41, 5.74) is -0.903. The van der Waals surface area contributed by atoms with Gasteiger partial charge in [-0.15, -0.1) is 0 Å². The molecule has 144 valence electrons. The van der Waals surface area contributed by atoms with Crippen molar-refractivity contribution in [2.75, 3.05) is 30.9 Å². The van der Waals surface area contributed by atoms with Crippen molar-refractivity contribution in [3.05, 3.63) is 23.9 Å². The first-order chi connectivity index (χ1) is 12.0. The van der Waals surface area contributed by atoms with Crippen LogP contribution in [0.2, 0.25) is 0 Å². The Morgan fingerprint density at radius 1 is 1.38 bits per heavy atom. The molecule has 1 aromatic rings. The highest BCUT2D eigenvalue weighted by atomic mass is 32.2. The number of carbonyl (C=O) groups excluding carboxylic acids is 2. The quantitative estimate of drug-likeness (QED) is 0.538. The lowest BCUT2D eigenvalue weighted by atomic mass is 10.2. The van der Waals surface area contributed by atoms with E-state index in [9.17, 15) is 31.2 Å². The van der Waals surface area contributed by atoms with Crippen molar-refractivity contribution in [1.29, 1.82) is 0 Å². The van der Waals surface area contributed by atoms with Crippen LogP contribution in [0.15, 0.2) is 23.4 Å². The molecule has 0 aliphatic carbocycles. The second kappa shape index (κ2) is 7.82. The molecule has 0 unspecified atom stereocenters. The zero-order valence-electron chi connectivity index (χ0n) is 13.5. The van der Waals surface area contributed by atoms with Crippen LogP contribution in [0.4, 0.5) is 13.2 Å². The summed E-state index contributed by atoms with van der Waals surface area (Å²) in [4.78, 5) is 28.9. The van der Waals surface area contributed by atoms with Crippen LogP contribution in [0.5, 0.6) is 0 Å². The zero-order chi connectivity index (χ0) is 19.5. The number of hydrogen-bond donors (Lipinski definition) is 0. The third-order valence-corrected chi connectivity index (χ3v) is 6.19. The van der Waals surface area contributed by atoms with Gasteiger partial charge in [-0.1, -0.05) is 11.8 Å². The minimum Gasteiger partial charge on any atom is -0.467 e. The van der Waals surface area contributed by atoms with E-state index in [2.05, 4.69) is 9.72 Å². The topological polar surface area (TPSA) is 93.6 Å². The number of rotatable bonds is 4. The van der Waals surface area contributed by atoms with Gasteiger partial charge in [-0.25, -0.2) is 18.2 Å². The first-order valence-electron chi connectivity index (χ1n) is 7.27. The number of esters is 1. The average molecular weight is 412 g/mol. The van der Waals surface area contributed by atoms with Gasteiger partial charge in [0.15, 0.2) is 9.84 Å². The summed E-state index contributed by atoms with van der Waals surface area (Å²) in [7, 11) is -2.37. The lowest BCUT2D eigenvalue weighted by Gasteiger charge is -2.33. The van der Waals surface area contributed by atoms with Gasteiger partial charge < -0.3 is 9.64 Å². The van der Waals surface area contributed by atoms with Crippen LogP contribution < -0.4 is 0 Å². The highest BCUT2D eigenvalue weighted by Gasteiger charge is 2.39. The molecule has 0 N–H and O–H groups in total. The Kier molecular flexibility index (Phi) is 6.17. The lowest BCUT2D eigenvalue weighted by Crippen LogP contribution is -2.55. The zero-order valence-corrected chi connectivity index (χ0v) is 15.2. The van der Waals surface area contributed by atoms with Crippen molar-refractivity contribution in [2.24, 2.45) is 0 Å². The Bertz CT molecular complexity index is 781. The second-order valence-electron chi connectivity index (χ2n) is 5.41. The van der Waals surface area contributed by atoms with E-state index in [1.165, 1.54) is 0 Å². The summed E-state index contributed by atoms with van der Waals surface area (Å²) in [6.45, 7) is -0.151. The minimum atomic E-state index is -4.50. The molecule has 7 nitrogen and oxygen atoms in total. The Hall–Kier alpha value is -1.82. The summed E-state index contributed by atoms with van der Waals surface area (Å²) in [5, 5.41) is 0.200. The number of pyridine rings is 1. The van der Waals surface area contributed by atoms with Crippen molar-refractivity contribution in [3.63, 3.8) is 0 Å². The van der Waals surface area contributed by atoms with Gasteiger partial charge in [-0.2, -0.15) is 13.2 Å². The molecule has 0 radical (unpaired) electrons. The molecule has 1 atom stereocenters. The average Bonchev–Trinajstić information content (AvgIpc) is 2.57. The van der Waals surface area contributed by atoms with Crippen molar-refractivity contribution in [3.8, 4) is 0 Å². The van der Waals surface area contributed by atoms with Crippen LogP contribution in [-0.2, 0) is 30.3 Å². The molecule has 2 heterocycles. The molecule has 0 bridgehead atoms. The molecular formula is C14H15F3N2O5S2. The third kappa shape index (κ3) is 5.10. The molecule has 1 amide bonds. The Morgan fingerprint density at radius 3 is 2.62 bits per heavy atom. The fourth-order valence-electron chi connectivity index (χ4n) is 2.29. The van der Waals surface area contributed by atoms with E-state index in [4.69, 9.17) is 0 Å². The predicted molar refractivity (Wildman–Crippen MR) is 86.1 cm³/mol. The van der Waals surface area contributed by atoms with Crippen molar-refractivity contribution >= 4 is 33.5 Å². The number of nitrogens with zero attached hydrogens (tertiary/aromatic N) is 2. The van der Waals surface area contributed by atoms with Crippen molar-refractivity contribution in [1.82, 2.24) is 9.88 Å². The number of methoxy groups -OCH3 is 1. The number of aromatic nitrogens is 1. The van der Waals surface area contributed by atoms with Crippen LogP contribution in [-0.4, -0.2) is 67.1 Å². The van der Waals surface area contributed by atoms with Crippen LogP contribution in [0.25, 0.3) is 0 Å². The van der Waals surface area contributed by atoms with Crippen molar-refractivity contribution < 1.29 is 35.9 Å². The Balaban J connectivity index is 2.03. The molecule has 2 rings (SSSR count). The maximum Gasteiger partial charge on any atom is 0.417 e. The number of amides is 1. The Morgan fingerprint density at radius 2 is 2.08 bits per heavy atom. The molecule has 12 heteroatoms. The van der Waals surface area contributed by atoms with Gasteiger partial charge >= 0.3 is 12.1 Å². The van der Waals surface area contributed by atoms with E-state index in [0.717, 1.165) is 35.9 Å². The number of carbonyl (C=O) groups is 2. The monoisotopic (exact) mass is 412 g/mol. The Labute approximate surface area is 151 Å². The summed E-state index contributed by atoms with van der Waals surface area (Å²) in [6.07, 6.45) is -3.84. The number of hydrogen-bond acceptors (Lipinski definition) is 7. The number of halogens is 3. The summed E-state index contributed by atoms with van der Waals surface area (Å²) >= 11 is 0.892. The van der Waals surface area contributed by atoms with Gasteiger partial charge in [0.2, 0.25) is 5.91 Å².